The number of ether oxygens (including phenoxy) is 3. The number of morpholine rings is 1. The first kappa shape index (κ1) is 19.5. The fourth-order valence-corrected chi connectivity index (χ4v) is 2.03. The van der Waals surface area contributed by atoms with Crippen LogP contribution in [0, 0.1) is 0 Å². The van der Waals surface area contributed by atoms with Gasteiger partial charge in [0.1, 0.15) is 11.2 Å². The monoisotopic (exact) mass is 327 g/mol. The van der Waals surface area contributed by atoms with Gasteiger partial charge in [-0.2, -0.15) is 0 Å². The van der Waals surface area contributed by atoms with E-state index < -0.39 is 17.2 Å². The molecule has 0 aromatic rings. The summed E-state index contributed by atoms with van der Waals surface area (Å²) in [5.74, 6) is -0.409. The molecular weight excluding hydrogens is 298 g/mol. The third kappa shape index (κ3) is 7.50. The Labute approximate surface area is 138 Å². The molecule has 1 aliphatic rings. The topological polar surface area (TPSA) is 65.1 Å². The number of nitrogens with zero attached hydrogens (tertiary/aromatic N) is 1. The number of hydrogen-bond donors (Lipinski definition) is 0. The molecular formula is C17H29NO5. The number of carbonyl (C=O) groups excluding carboxylic acids is 2. The van der Waals surface area contributed by atoms with E-state index in [-0.39, 0.29) is 12.2 Å². The quantitative estimate of drug-likeness (QED) is 0.576. The van der Waals surface area contributed by atoms with Gasteiger partial charge in [-0.25, -0.2) is 9.59 Å². The second-order valence-corrected chi connectivity index (χ2v) is 7.71. The molecule has 1 unspecified atom stereocenters. The predicted octanol–water partition coefficient (Wildman–Crippen LogP) is 2.91. The lowest BCUT2D eigenvalue weighted by Gasteiger charge is -2.34. The number of esters is 1. The van der Waals surface area contributed by atoms with Gasteiger partial charge in [-0.15, -0.1) is 0 Å². The van der Waals surface area contributed by atoms with Crippen LogP contribution in [0.1, 0.15) is 48.5 Å². The lowest BCUT2D eigenvalue weighted by molar-refractivity contribution is -0.148. The molecule has 1 rings (SSSR count). The van der Waals surface area contributed by atoms with E-state index in [9.17, 15) is 9.59 Å². The van der Waals surface area contributed by atoms with Crippen LogP contribution in [-0.4, -0.2) is 54.0 Å². The molecule has 0 spiro atoms. The summed E-state index contributed by atoms with van der Waals surface area (Å²) in [5.41, 5.74) is -0.344. The molecule has 0 radical (unpaired) electrons. The first-order valence-corrected chi connectivity index (χ1v) is 7.88. The number of rotatable bonds is 2. The third-order valence-electron chi connectivity index (χ3n) is 2.98. The Morgan fingerprint density at radius 2 is 1.65 bits per heavy atom. The second-order valence-electron chi connectivity index (χ2n) is 7.71. The number of amides is 1. The van der Waals surface area contributed by atoms with Crippen molar-refractivity contribution in [1.82, 2.24) is 4.90 Å². The van der Waals surface area contributed by atoms with Crippen LogP contribution in [0.25, 0.3) is 0 Å². The highest BCUT2D eigenvalue weighted by Crippen LogP contribution is 2.17. The molecule has 1 saturated heterocycles. The summed E-state index contributed by atoms with van der Waals surface area (Å²) >= 11 is 0. The Balaban J connectivity index is 2.67. The van der Waals surface area contributed by atoms with E-state index in [0.29, 0.717) is 19.7 Å². The van der Waals surface area contributed by atoms with Gasteiger partial charge in [-0.1, -0.05) is 0 Å². The van der Waals surface area contributed by atoms with Crippen molar-refractivity contribution in [1.29, 1.82) is 0 Å². The minimum atomic E-state index is -0.538. The second kappa shape index (κ2) is 7.34. The zero-order chi connectivity index (χ0) is 17.8. The summed E-state index contributed by atoms with van der Waals surface area (Å²) in [5, 5.41) is 0. The van der Waals surface area contributed by atoms with Crippen LogP contribution in [0.5, 0.6) is 0 Å². The lowest BCUT2D eigenvalue weighted by atomic mass is 10.1. The molecule has 6 nitrogen and oxygen atoms in total. The van der Waals surface area contributed by atoms with E-state index in [1.54, 1.807) is 11.8 Å². The van der Waals surface area contributed by atoms with Crippen molar-refractivity contribution >= 4 is 12.1 Å². The SMILES string of the molecule is CC(=CC(=O)OC(C)(C)C)C1CN(C(=O)OC(C)(C)C)CCO1. The molecule has 132 valence electrons. The van der Waals surface area contributed by atoms with E-state index in [0.717, 1.165) is 5.57 Å². The maximum atomic E-state index is 12.1. The molecule has 0 N–H and O–H groups in total. The summed E-state index contributed by atoms with van der Waals surface area (Å²) < 4.78 is 16.3. The van der Waals surface area contributed by atoms with Gasteiger partial charge in [-0.3, -0.25) is 0 Å². The largest absolute Gasteiger partial charge is 0.457 e. The standard InChI is InChI=1S/C17H29NO5/c1-12(10-14(19)22-16(2,3)4)13-11-18(8-9-21-13)15(20)23-17(5,6)7/h10,13H,8-9,11H2,1-7H3. The van der Waals surface area contributed by atoms with E-state index >= 15 is 0 Å². The van der Waals surface area contributed by atoms with Crippen LogP contribution < -0.4 is 0 Å². The first-order valence-electron chi connectivity index (χ1n) is 7.88. The van der Waals surface area contributed by atoms with Crippen LogP contribution in [0.3, 0.4) is 0 Å². The number of hydrogen-bond acceptors (Lipinski definition) is 5. The molecule has 1 aliphatic heterocycles. The van der Waals surface area contributed by atoms with Crippen molar-refractivity contribution in [3.63, 3.8) is 0 Å². The minimum absolute atomic E-state index is 0.330. The summed E-state index contributed by atoms with van der Waals surface area (Å²) in [7, 11) is 0. The van der Waals surface area contributed by atoms with E-state index in [2.05, 4.69) is 0 Å². The highest BCUT2D eigenvalue weighted by atomic mass is 16.6. The Morgan fingerprint density at radius 3 is 2.17 bits per heavy atom. The lowest BCUT2D eigenvalue weighted by Crippen LogP contribution is -2.47. The fraction of sp³-hybridized carbons (Fsp3) is 0.765. The fourth-order valence-electron chi connectivity index (χ4n) is 2.03. The average molecular weight is 327 g/mol. The summed E-state index contributed by atoms with van der Waals surface area (Å²) in [6.45, 7) is 14.0. The van der Waals surface area contributed by atoms with Crippen molar-refractivity contribution in [2.24, 2.45) is 0 Å². The predicted molar refractivity (Wildman–Crippen MR) is 87.1 cm³/mol. The van der Waals surface area contributed by atoms with Crippen LogP contribution >= 0.6 is 0 Å². The normalized spacial score (nSPS) is 20.2. The van der Waals surface area contributed by atoms with E-state index in [1.807, 2.05) is 41.5 Å². The van der Waals surface area contributed by atoms with E-state index in [4.69, 9.17) is 14.2 Å². The van der Waals surface area contributed by atoms with Gasteiger partial charge in [0.25, 0.3) is 0 Å². The maximum Gasteiger partial charge on any atom is 0.410 e. The van der Waals surface area contributed by atoms with Gasteiger partial charge in [0, 0.05) is 12.6 Å². The van der Waals surface area contributed by atoms with Gasteiger partial charge in [-0.05, 0) is 54.0 Å². The Hall–Kier alpha value is -1.56. The molecule has 0 aliphatic carbocycles. The smallest absolute Gasteiger partial charge is 0.410 e. The molecule has 0 bridgehead atoms. The van der Waals surface area contributed by atoms with Crippen molar-refractivity contribution in [3.05, 3.63) is 11.6 Å². The van der Waals surface area contributed by atoms with Crippen LogP contribution in [0.2, 0.25) is 0 Å². The Bertz CT molecular complexity index is 470. The van der Waals surface area contributed by atoms with Gasteiger partial charge in [0.15, 0.2) is 0 Å². The van der Waals surface area contributed by atoms with Gasteiger partial charge in [0.05, 0.1) is 19.3 Å². The molecule has 1 fully saturated rings. The van der Waals surface area contributed by atoms with Crippen molar-refractivity contribution in [2.75, 3.05) is 19.7 Å². The molecule has 1 amide bonds. The zero-order valence-corrected chi connectivity index (χ0v) is 15.3. The van der Waals surface area contributed by atoms with Gasteiger partial charge >= 0.3 is 12.1 Å². The molecule has 23 heavy (non-hydrogen) atoms. The highest BCUT2D eigenvalue weighted by Gasteiger charge is 2.29. The summed E-state index contributed by atoms with van der Waals surface area (Å²) in [6.07, 6.45) is 0.730. The van der Waals surface area contributed by atoms with Crippen molar-refractivity contribution in [2.45, 2.75) is 65.8 Å². The molecule has 0 saturated carbocycles. The van der Waals surface area contributed by atoms with Gasteiger partial charge in [0.2, 0.25) is 0 Å². The van der Waals surface area contributed by atoms with Crippen LogP contribution in [0.4, 0.5) is 4.79 Å². The van der Waals surface area contributed by atoms with Crippen molar-refractivity contribution in [3.8, 4) is 0 Å². The maximum absolute atomic E-state index is 12.1. The van der Waals surface area contributed by atoms with Gasteiger partial charge < -0.3 is 19.1 Å². The molecule has 0 aromatic heterocycles. The summed E-state index contributed by atoms with van der Waals surface area (Å²) in [4.78, 5) is 25.6. The average Bonchev–Trinajstić information content (AvgIpc) is 2.34. The highest BCUT2D eigenvalue weighted by molar-refractivity contribution is 5.83. The zero-order valence-electron chi connectivity index (χ0n) is 15.3. The Morgan fingerprint density at radius 1 is 1.09 bits per heavy atom. The summed E-state index contributed by atoms with van der Waals surface area (Å²) in [6, 6.07) is 0. The molecule has 1 heterocycles. The first-order chi connectivity index (χ1) is 10.4. The van der Waals surface area contributed by atoms with Crippen LogP contribution in [-0.2, 0) is 19.0 Å². The number of carbonyl (C=O) groups is 2. The van der Waals surface area contributed by atoms with E-state index in [1.165, 1.54) is 6.08 Å². The third-order valence-corrected chi connectivity index (χ3v) is 2.98. The van der Waals surface area contributed by atoms with Crippen LogP contribution in [0.15, 0.2) is 11.6 Å². The molecule has 1 atom stereocenters. The molecule has 6 heteroatoms. The Kier molecular flexibility index (Phi) is 6.22. The van der Waals surface area contributed by atoms with Crippen molar-refractivity contribution < 1.29 is 23.8 Å². The minimum Gasteiger partial charge on any atom is -0.457 e. The molecule has 0 aromatic carbocycles.